The molecule has 0 spiro atoms. The number of hydrogen-bond donors (Lipinski definition) is 1. The Labute approximate surface area is 115 Å². The number of benzene rings is 1. The van der Waals surface area contributed by atoms with Gasteiger partial charge in [0, 0.05) is 0 Å². The van der Waals surface area contributed by atoms with Crippen molar-refractivity contribution in [1.29, 1.82) is 0 Å². The molecular formula is C14H15FN2O3. The first-order chi connectivity index (χ1) is 9.60. The molecule has 0 radical (unpaired) electrons. The minimum Gasteiger partial charge on any atom is -0.461 e. The highest BCUT2D eigenvalue weighted by Crippen LogP contribution is 2.19. The number of anilines is 1. The lowest BCUT2D eigenvalue weighted by molar-refractivity contribution is 0.0519. The highest BCUT2D eigenvalue weighted by Gasteiger charge is 2.15. The van der Waals surface area contributed by atoms with Crippen LogP contribution < -0.4 is 5.32 Å². The number of aromatic nitrogens is 1. The molecule has 1 heterocycles. The van der Waals surface area contributed by atoms with E-state index >= 15 is 0 Å². The van der Waals surface area contributed by atoms with Crippen molar-refractivity contribution >= 4 is 12.0 Å². The molecule has 0 saturated carbocycles. The van der Waals surface area contributed by atoms with Gasteiger partial charge in [-0.1, -0.05) is 12.1 Å². The van der Waals surface area contributed by atoms with Crippen LogP contribution in [-0.2, 0) is 4.74 Å². The summed E-state index contributed by atoms with van der Waals surface area (Å²) in [7, 11) is 0. The molecule has 2 aromatic rings. The highest BCUT2D eigenvalue weighted by atomic mass is 19.1. The number of ether oxygens (including phenoxy) is 1. The molecule has 1 N–H and O–H groups in total. The molecule has 0 amide bonds. The van der Waals surface area contributed by atoms with Gasteiger partial charge in [0.1, 0.15) is 12.1 Å². The summed E-state index contributed by atoms with van der Waals surface area (Å²) in [5.41, 5.74) is 0.849. The molecule has 106 valence electrons. The number of nitrogens with zero attached hydrogens (tertiary/aromatic N) is 1. The number of nitrogens with one attached hydrogen (secondary N) is 1. The van der Waals surface area contributed by atoms with Crippen molar-refractivity contribution in [2.75, 3.05) is 11.9 Å². The van der Waals surface area contributed by atoms with Gasteiger partial charge in [0.2, 0.25) is 0 Å². The van der Waals surface area contributed by atoms with E-state index in [1.165, 1.54) is 18.4 Å². The van der Waals surface area contributed by atoms with E-state index in [0.29, 0.717) is 0 Å². The van der Waals surface area contributed by atoms with Crippen molar-refractivity contribution in [2.45, 2.75) is 19.9 Å². The third-order valence-corrected chi connectivity index (χ3v) is 2.68. The van der Waals surface area contributed by atoms with E-state index in [0.717, 1.165) is 5.56 Å². The molecule has 20 heavy (non-hydrogen) atoms. The van der Waals surface area contributed by atoms with Crippen molar-refractivity contribution in [2.24, 2.45) is 0 Å². The fraction of sp³-hybridized carbons (Fsp3) is 0.286. The van der Waals surface area contributed by atoms with Crippen LogP contribution in [0.2, 0.25) is 0 Å². The van der Waals surface area contributed by atoms with Gasteiger partial charge in [0.25, 0.3) is 6.01 Å². The smallest absolute Gasteiger partial charge is 0.360 e. The molecule has 0 aliphatic heterocycles. The topological polar surface area (TPSA) is 64.4 Å². The summed E-state index contributed by atoms with van der Waals surface area (Å²) >= 11 is 0. The van der Waals surface area contributed by atoms with E-state index in [2.05, 4.69) is 10.3 Å². The van der Waals surface area contributed by atoms with Crippen LogP contribution in [0.25, 0.3) is 0 Å². The molecule has 0 bridgehead atoms. The van der Waals surface area contributed by atoms with Gasteiger partial charge in [-0.05, 0) is 31.5 Å². The molecule has 0 aliphatic carbocycles. The molecule has 6 heteroatoms. The molecule has 1 unspecified atom stereocenters. The number of carbonyl (C=O) groups excluding carboxylic acids is 1. The average Bonchev–Trinajstić information content (AvgIpc) is 2.87. The van der Waals surface area contributed by atoms with Crippen LogP contribution in [0.3, 0.4) is 0 Å². The first-order valence-electron chi connectivity index (χ1n) is 6.24. The molecule has 1 aromatic heterocycles. The molecule has 1 aromatic carbocycles. The zero-order valence-electron chi connectivity index (χ0n) is 11.2. The van der Waals surface area contributed by atoms with Gasteiger partial charge in [-0.15, -0.1) is 0 Å². The van der Waals surface area contributed by atoms with Crippen molar-refractivity contribution in [3.8, 4) is 0 Å². The fourth-order valence-corrected chi connectivity index (χ4v) is 1.68. The third-order valence-electron chi connectivity index (χ3n) is 2.68. The number of oxazole rings is 1. The van der Waals surface area contributed by atoms with Gasteiger partial charge >= 0.3 is 5.97 Å². The lowest BCUT2D eigenvalue weighted by Crippen LogP contribution is -2.08. The Hall–Kier alpha value is -2.37. The lowest BCUT2D eigenvalue weighted by atomic mass is 10.1. The Bertz CT molecular complexity index is 598. The molecule has 5 nitrogen and oxygen atoms in total. The maximum atomic E-state index is 13.1. The first-order valence-corrected chi connectivity index (χ1v) is 6.24. The van der Waals surface area contributed by atoms with Crippen LogP contribution in [0.4, 0.5) is 10.4 Å². The van der Waals surface area contributed by atoms with E-state index in [-0.39, 0.29) is 30.2 Å². The summed E-state index contributed by atoms with van der Waals surface area (Å²) < 4.78 is 23.1. The van der Waals surface area contributed by atoms with Crippen LogP contribution in [0, 0.1) is 5.82 Å². The zero-order valence-corrected chi connectivity index (χ0v) is 11.2. The standard InChI is InChI=1S/C14H15FN2O3/c1-3-19-13(18)12-8-20-14(17-12)16-9(2)10-5-4-6-11(15)7-10/h4-9H,3H2,1-2H3,(H,16,17). The van der Waals surface area contributed by atoms with Gasteiger partial charge in [0.05, 0.1) is 12.6 Å². The maximum absolute atomic E-state index is 13.1. The summed E-state index contributed by atoms with van der Waals surface area (Å²) in [5.74, 6) is -0.849. The second-order valence-corrected chi connectivity index (χ2v) is 4.18. The van der Waals surface area contributed by atoms with Gasteiger partial charge in [-0.25, -0.2) is 9.18 Å². The molecular weight excluding hydrogens is 263 g/mol. The third kappa shape index (κ3) is 3.34. The van der Waals surface area contributed by atoms with Gasteiger partial charge in [0.15, 0.2) is 5.69 Å². The van der Waals surface area contributed by atoms with E-state index < -0.39 is 5.97 Å². The summed E-state index contributed by atoms with van der Waals surface area (Å²) in [6.07, 6.45) is 1.22. The number of esters is 1. The van der Waals surface area contributed by atoms with Crippen molar-refractivity contribution < 1.29 is 18.3 Å². The molecule has 1 atom stereocenters. The SMILES string of the molecule is CCOC(=O)c1coc(NC(C)c2cccc(F)c2)n1. The average molecular weight is 278 g/mol. The van der Waals surface area contributed by atoms with Gasteiger partial charge < -0.3 is 14.5 Å². The van der Waals surface area contributed by atoms with Crippen LogP contribution in [-0.4, -0.2) is 17.6 Å². The fourth-order valence-electron chi connectivity index (χ4n) is 1.68. The minimum absolute atomic E-state index is 0.0980. The summed E-state index contributed by atoms with van der Waals surface area (Å²) in [6.45, 7) is 3.82. The number of halogens is 1. The molecule has 0 fully saturated rings. The Morgan fingerprint density at radius 1 is 1.55 bits per heavy atom. The monoisotopic (exact) mass is 278 g/mol. The Kier molecular flexibility index (Phi) is 4.34. The van der Waals surface area contributed by atoms with Crippen molar-refractivity contribution in [3.05, 3.63) is 47.6 Å². The maximum Gasteiger partial charge on any atom is 0.360 e. The molecule has 0 saturated heterocycles. The van der Waals surface area contributed by atoms with Crippen LogP contribution in [0.15, 0.2) is 34.9 Å². The Morgan fingerprint density at radius 3 is 3.05 bits per heavy atom. The van der Waals surface area contributed by atoms with E-state index in [1.807, 2.05) is 6.92 Å². The first kappa shape index (κ1) is 14.0. The normalized spacial score (nSPS) is 11.9. The zero-order chi connectivity index (χ0) is 14.5. The molecule has 2 rings (SSSR count). The van der Waals surface area contributed by atoms with E-state index in [4.69, 9.17) is 9.15 Å². The van der Waals surface area contributed by atoms with Crippen LogP contribution >= 0.6 is 0 Å². The predicted molar refractivity (Wildman–Crippen MR) is 70.9 cm³/mol. The Morgan fingerprint density at radius 2 is 2.35 bits per heavy atom. The highest BCUT2D eigenvalue weighted by molar-refractivity contribution is 5.87. The van der Waals surface area contributed by atoms with Crippen LogP contribution in [0.5, 0.6) is 0 Å². The van der Waals surface area contributed by atoms with E-state index in [9.17, 15) is 9.18 Å². The van der Waals surface area contributed by atoms with Gasteiger partial charge in [-0.2, -0.15) is 4.98 Å². The quantitative estimate of drug-likeness (QED) is 0.851. The lowest BCUT2D eigenvalue weighted by Gasteiger charge is -2.12. The number of hydrogen-bond acceptors (Lipinski definition) is 5. The largest absolute Gasteiger partial charge is 0.461 e. The van der Waals surface area contributed by atoms with E-state index in [1.54, 1.807) is 19.1 Å². The molecule has 0 aliphatic rings. The predicted octanol–water partition coefficient (Wildman–Crippen LogP) is 3.16. The number of rotatable bonds is 5. The minimum atomic E-state index is -0.539. The van der Waals surface area contributed by atoms with Gasteiger partial charge in [-0.3, -0.25) is 0 Å². The second-order valence-electron chi connectivity index (χ2n) is 4.18. The van der Waals surface area contributed by atoms with Crippen LogP contribution in [0.1, 0.15) is 35.9 Å². The summed E-state index contributed by atoms with van der Waals surface area (Å²) in [6, 6.07) is 6.19. The van der Waals surface area contributed by atoms with Crippen molar-refractivity contribution in [1.82, 2.24) is 4.98 Å². The Balaban J connectivity index is 2.05. The van der Waals surface area contributed by atoms with Crippen molar-refractivity contribution in [3.63, 3.8) is 0 Å². The second kappa shape index (κ2) is 6.18. The summed E-state index contributed by atoms with van der Waals surface area (Å²) in [5, 5.41) is 2.95. The number of carbonyl (C=O) groups is 1. The summed E-state index contributed by atoms with van der Waals surface area (Å²) in [4.78, 5) is 15.4.